The van der Waals surface area contributed by atoms with Crippen LogP contribution in [0.4, 0.5) is 11.4 Å². The Morgan fingerprint density at radius 2 is 1.65 bits per heavy atom. The van der Waals surface area contributed by atoms with Gasteiger partial charge < -0.3 is 14.8 Å². The highest BCUT2D eigenvalue weighted by molar-refractivity contribution is 7.92. The standard InChI is InChI=1S/C18H22N2O5S/c1-13(18(21)19-14-8-10-16(24-2)11-9-14)20(26(4,22)23)15-6-5-7-17(12-15)25-3/h5-13H,1-4H3,(H,19,21)/t13-/m0/s1. The van der Waals surface area contributed by atoms with Crippen molar-refractivity contribution in [3.63, 3.8) is 0 Å². The average molecular weight is 378 g/mol. The monoisotopic (exact) mass is 378 g/mol. The van der Waals surface area contributed by atoms with Gasteiger partial charge in [-0.3, -0.25) is 9.10 Å². The van der Waals surface area contributed by atoms with E-state index in [9.17, 15) is 13.2 Å². The zero-order valence-corrected chi connectivity index (χ0v) is 15.9. The van der Waals surface area contributed by atoms with Gasteiger partial charge in [0, 0.05) is 11.8 Å². The minimum atomic E-state index is -3.69. The largest absolute Gasteiger partial charge is 0.497 e. The second-order valence-electron chi connectivity index (χ2n) is 5.65. The van der Waals surface area contributed by atoms with Crippen LogP contribution < -0.4 is 19.1 Å². The van der Waals surface area contributed by atoms with Crippen LogP contribution in [0.15, 0.2) is 48.5 Å². The summed E-state index contributed by atoms with van der Waals surface area (Å²) < 4.78 is 35.9. The molecule has 0 radical (unpaired) electrons. The summed E-state index contributed by atoms with van der Waals surface area (Å²) in [5.74, 6) is 0.701. The Bertz CT molecular complexity index is 865. The van der Waals surface area contributed by atoms with Gasteiger partial charge in [-0.15, -0.1) is 0 Å². The van der Waals surface area contributed by atoms with E-state index in [-0.39, 0.29) is 0 Å². The Labute approximate surface area is 153 Å². The fourth-order valence-electron chi connectivity index (χ4n) is 2.48. The number of carbonyl (C=O) groups excluding carboxylic acids is 1. The maximum absolute atomic E-state index is 12.6. The molecule has 1 amide bonds. The third-order valence-corrected chi connectivity index (χ3v) is 5.00. The Hall–Kier alpha value is -2.74. The number of hydrogen-bond donors (Lipinski definition) is 1. The maximum Gasteiger partial charge on any atom is 0.247 e. The minimum Gasteiger partial charge on any atom is -0.497 e. The first-order valence-corrected chi connectivity index (χ1v) is 9.69. The summed E-state index contributed by atoms with van der Waals surface area (Å²) in [5.41, 5.74) is 0.894. The van der Waals surface area contributed by atoms with Crippen LogP contribution in [0.3, 0.4) is 0 Å². The van der Waals surface area contributed by atoms with Crippen LogP contribution >= 0.6 is 0 Å². The van der Waals surface area contributed by atoms with Gasteiger partial charge in [-0.1, -0.05) is 6.07 Å². The lowest BCUT2D eigenvalue weighted by Gasteiger charge is -2.28. The lowest BCUT2D eigenvalue weighted by atomic mass is 10.2. The molecule has 8 heteroatoms. The van der Waals surface area contributed by atoms with E-state index >= 15 is 0 Å². The molecule has 0 saturated heterocycles. The number of hydrogen-bond acceptors (Lipinski definition) is 5. The van der Waals surface area contributed by atoms with Gasteiger partial charge in [-0.25, -0.2) is 8.42 Å². The Morgan fingerprint density at radius 1 is 1.04 bits per heavy atom. The lowest BCUT2D eigenvalue weighted by molar-refractivity contribution is -0.116. The number of amides is 1. The SMILES string of the molecule is COc1ccc(NC(=O)[C@H](C)N(c2cccc(OC)c2)S(C)(=O)=O)cc1. The molecule has 2 aromatic rings. The van der Waals surface area contributed by atoms with Crippen LogP contribution in [-0.2, 0) is 14.8 Å². The summed E-state index contributed by atoms with van der Waals surface area (Å²) in [4.78, 5) is 12.6. The molecule has 0 spiro atoms. The van der Waals surface area contributed by atoms with Crippen LogP contribution in [0.1, 0.15) is 6.92 Å². The Kier molecular flexibility index (Phi) is 6.10. The van der Waals surface area contributed by atoms with Crippen molar-refractivity contribution in [1.82, 2.24) is 0 Å². The minimum absolute atomic E-state index is 0.351. The van der Waals surface area contributed by atoms with Crippen LogP contribution in [0.5, 0.6) is 11.5 Å². The number of nitrogens with one attached hydrogen (secondary N) is 1. The molecule has 0 aliphatic heterocycles. The number of benzene rings is 2. The first-order valence-electron chi connectivity index (χ1n) is 7.84. The van der Waals surface area contributed by atoms with E-state index in [0.29, 0.717) is 22.9 Å². The second kappa shape index (κ2) is 8.09. The van der Waals surface area contributed by atoms with Gasteiger partial charge in [-0.2, -0.15) is 0 Å². The lowest BCUT2D eigenvalue weighted by Crippen LogP contribution is -2.45. The molecule has 140 valence electrons. The van der Waals surface area contributed by atoms with E-state index in [4.69, 9.17) is 9.47 Å². The number of ether oxygens (including phenoxy) is 2. The van der Waals surface area contributed by atoms with Gasteiger partial charge >= 0.3 is 0 Å². The molecule has 0 heterocycles. The first kappa shape index (κ1) is 19.6. The van der Waals surface area contributed by atoms with Crippen LogP contribution in [0.25, 0.3) is 0 Å². The number of anilines is 2. The molecule has 0 fully saturated rings. The normalized spacial score (nSPS) is 12.2. The van der Waals surface area contributed by atoms with E-state index in [1.54, 1.807) is 55.6 Å². The smallest absolute Gasteiger partial charge is 0.247 e. The molecule has 1 atom stereocenters. The highest BCUT2D eigenvalue weighted by Gasteiger charge is 2.29. The van der Waals surface area contributed by atoms with Gasteiger partial charge in [-0.05, 0) is 43.3 Å². The number of sulfonamides is 1. The van der Waals surface area contributed by atoms with Crippen molar-refractivity contribution in [3.8, 4) is 11.5 Å². The predicted molar refractivity (Wildman–Crippen MR) is 101 cm³/mol. The quantitative estimate of drug-likeness (QED) is 0.800. The summed E-state index contributed by atoms with van der Waals surface area (Å²) in [7, 11) is -0.654. The van der Waals surface area contributed by atoms with E-state index < -0.39 is 22.0 Å². The molecule has 0 aromatic heterocycles. The van der Waals surface area contributed by atoms with Gasteiger partial charge in [0.2, 0.25) is 15.9 Å². The molecule has 0 aliphatic rings. The molecule has 2 rings (SSSR count). The highest BCUT2D eigenvalue weighted by Crippen LogP contribution is 2.26. The third-order valence-electron chi connectivity index (χ3n) is 3.75. The summed E-state index contributed by atoms with van der Waals surface area (Å²) in [6.45, 7) is 1.53. The summed E-state index contributed by atoms with van der Waals surface area (Å²) in [6.07, 6.45) is 1.06. The molecule has 2 aromatic carbocycles. The molecule has 0 saturated carbocycles. The average Bonchev–Trinajstić information content (AvgIpc) is 2.61. The molecule has 1 N–H and O–H groups in total. The number of rotatable bonds is 7. The van der Waals surface area contributed by atoms with Crippen LogP contribution in [0.2, 0.25) is 0 Å². The van der Waals surface area contributed by atoms with Gasteiger partial charge in [0.05, 0.1) is 26.2 Å². The van der Waals surface area contributed by atoms with Crippen molar-refractivity contribution in [3.05, 3.63) is 48.5 Å². The molecular weight excluding hydrogens is 356 g/mol. The number of nitrogens with zero attached hydrogens (tertiary/aromatic N) is 1. The number of carbonyl (C=O) groups is 1. The highest BCUT2D eigenvalue weighted by atomic mass is 32.2. The molecule has 0 bridgehead atoms. The van der Waals surface area contributed by atoms with Crippen molar-refractivity contribution < 1.29 is 22.7 Å². The molecule has 7 nitrogen and oxygen atoms in total. The fourth-order valence-corrected chi connectivity index (χ4v) is 3.64. The van der Waals surface area contributed by atoms with Crippen molar-refractivity contribution in [1.29, 1.82) is 0 Å². The van der Waals surface area contributed by atoms with Gasteiger partial charge in [0.1, 0.15) is 17.5 Å². The molecule has 0 unspecified atom stereocenters. The fraction of sp³-hybridized carbons (Fsp3) is 0.278. The van der Waals surface area contributed by atoms with Crippen molar-refractivity contribution in [2.24, 2.45) is 0 Å². The Morgan fingerprint density at radius 3 is 2.19 bits per heavy atom. The maximum atomic E-state index is 12.6. The van der Waals surface area contributed by atoms with Gasteiger partial charge in [0.25, 0.3) is 0 Å². The zero-order valence-electron chi connectivity index (χ0n) is 15.1. The van der Waals surface area contributed by atoms with Crippen LogP contribution in [0, 0.1) is 0 Å². The van der Waals surface area contributed by atoms with Crippen LogP contribution in [-0.4, -0.2) is 40.8 Å². The summed E-state index contributed by atoms with van der Waals surface area (Å²) in [5, 5.41) is 2.71. The third kappa shape index (κ3) is 4.66. The van der Waals surface area contributed by atoms with E-state index in [0.717, 1.165) is 10.6 Å². The number of methoxy groups -OCH3 is 2. The first-order chi connectivity index (χ1) is 12.3. The van der Waals surface area contributed by atoms with Crippen molar-refractivity contribution in [2.45, 2.75) is 13.0 Å². The van der Waals surface area contributed by atoms with E-state index in [1.165, 1.54) is 14.0 Å². The summed E-state index contributed by atoms with van der Waals surface area (Å²) >= 11 is 0. The second-order valence-corrected chi connectivity index (χ2v) is 7.51. The molecular formula is C18H22N2O5S. The van der Waals surface area contributed by atoms with Crippen molar-refractivity contribution >= 4 is 27.3 Å². The molecule has 0 aliphatic carbocycles. The van der Waals surface area contributed by atoms with E-state index in [2.05, 4.69) is 5.32 Å². The summed E-state index contributed by atoms with van der Waals surface area (Å²) in [6, 6.07) is 12.4. The van der Waals surface area contributed by atoms with Gasteiger partial charge in [0.15, 0.2) is 0 Å². The zero-order chi connectivity index (χ0) is 19.3. The topological polar surface area (TPSA) is 84.9 Å². The molecule has 26 heavy (non-hydrogen) atoms. The van der Waals surface area contributed by atoms with Crippen molar-refractivity contribution in [2.75, 3.05) is 30.1 Å². The van der Waals surface area contributed by atoms with E-state index in [1.807, 2.05) is 0 Å². The Balaban J connectivity index is 2.27. The predicted octanol–water partition coefficient (Wildman–Crippen LogP) is 2.50.